The number of carboxylic acid groups (broad SMARTS) is 1. The van der Waals surface area contributed by atoms with Gasteiger partial charge in [0.2, 0.25) is 0 Å². The molecule has 0 unspecified atom stereocenters. The first-order valence-corrected chi connectivity index (χ1v) is 5.01. The molecular weight excluding hydrogens is 192 g/mol. The first-order valence-electron chi connectivity index (χ1n) is 5.01. The van der Waals surface area contributed by atoms with Crippen molar-refractivity contribution < 1.29 is 9.90 Å². The molecule has 1 aromatic rings. The molecule has 0 saturated heterocycles. The monoisotopic (exact) mass is 208 g/mol. The number of anilines is 1. The lowest BCUT2D eigenvalue weighted by Gasteiger charge is -2.05. The molecule has 1 aromatic carbocycles. The number of hydrogen-bond donors (Lipinski definition) is 3. The zero-order chi connectivity index (χ0) is 11.1. The number of aromatic carboxylic acids is 1. The van der Waals surface area contributed by atoms with Crippen LogP contribution >= 0.6 is 0 Å². The lowest BCUT2D eigenvalue weighted by molar-refractivity contribution is 0.0697. The van der Waals surface area contributed by atoms with E-state index in [1.165, 1.54) is 0 Å². The molecule has 4 nitrogen and oxygen atoms in total. The molecule has 4 heteroatoms. The Bertz CT molecular complexity index is 309. The summed E-state index contributed by atoms with van der Waals surface area (Å²) in [5, 5.41) is 11.9. The third-order valence-electron chi connectivity index (χ3n) is 2.09. The average Bonchev–Trinajstić information content (AvgIpc) is 2.25. The molecular formula is C11H16N2O2. The van der Waals surface area contributed by atoms with Gasteiger partial charge >= 0.3 is 5.97 Å². The summed E-state index contributed by atoms with van der Waals surface area (Å²) in [5.74, 6) is -0.898. The Morgan fingerprint density at radius 2 is 1.93 bits per heavy atom. The van der Waals surface area contributed by atoms with Crippen LogP contribution in [0.2, 0.25) is 0 Å². The molecule has 0 amide bonds. The molecule has 82 valence electrons. The van der Waals surface area contributed by atoms with Crippen molar-refractivity contribution in [2.24, 2.45) is 5.73 Å². The minimum atomic E-state index is -0.898. The second-order valence-electron chi connectivity index (χ2n) is 3.31. The van der Waals surface area contributed by atoms with Gasteiger partial charge in [0.05, 0.1) is 5.56 Å². The van der Waals surface area contributed by atoms with E-state index in [0.29, 0.717) is 12.1 Å². The number of carbonyl (C=O) groups is 1. The maximum Gasteiger partial charge on any atom is 0.335 e. The number of nitrogens with one attached hydrogen (secondary N) is 1. The van der Waals surface area contributed by atoms with Gasteiger partial charge in [0.25, 0.3) is 0 Å². The van der Waals surface area contributed by atoms with Crippen LogP contribution in [0, 0.1) is 0 Å². The number of carboxylic acids is 1. The van der Waals surface area contributed by atoms with Crippen molar-refractivity contribution in [2.45, 2.75) is 12.8 Å². The molecule has 1 rings (SSSR count). The van der Waals surface area contributed by atoms with E-state index in [2.05, 4.69) is 5.32 Å². The van der Waals surface area contributed by atoms with Crippen LogP contribution < -0.4 is 11.1 Å². The van der Waals surface area contributed by atoms with E-state index >= 15 is 0 Å². The molecule has 0 bridgehead atoms. The van der Waals surface area contributed by atoms with Gasteiger partial charge in [0.1, 0.15) is 0 Å². The second-order valence-corrected chi connectivity index (χ2v) is 3.31. The highest BCUT2D eigenvalue weighted by molar-refractivity contribution is 5.87. The third-order valence-corrected chi connectivity index (χ3v) is 2.09. The van der Waals surface area contributed by atoms with Crippen LogP contribution in [0.4, 0.5) is 5.69 Å². The molecule has 0 aliphatic rings. The lowest BCUT2D eigenvalue weighted by atomic mass is 10.2. The van der Waals surface area contributed by atoms with Gasteiger partial charge in [-0.05, 0) is 43.7 Å². The Morgan fingerprint density at radius 1 is 1.27 bits per heavy atom. The number of unbranched alkanes of at least 4 members (excludes halogenated alkanes) is 1. The van der Waals surface area contributed by atoms with Crippen LogP contribution in [0.1, 0.15) is 23.2 Å². The molecule has 0 fully saturated rings. The van der Waals surface area contributed by atoms with E-state index in [0.717, 1.165) is 25.1 Å². The Morgan fingerprint density at radius 3 is 2.47 bits per heavy atom. The summed E-state index contributed by atoms with van der Waals surface area (Å²) in [5.41, 5.74) is 6.62. The van der Waals surface area contributed by atoms with Gasteiger partial charge in [-0.25, -0.2) is 4.79 Å². The predicted molar refractivity (Wildman–Crippen MR) is 60.2 cm³/mol. The Balaban J connectivity index is 2.39. The summed E-state index contributed by atoms with van der Waals surface area (Å²) in [7, 11) is 0. The first kappa shape index (κ1) is 11.5. The molecule has 0 heterocycles. The van der Waals surface area contributed by atoms with Gasteiger partial charge in [-0.2, -0.15) is 0 Å². The molecule has 0 spiro atoms. The lowest BCUT2D eigenvalue weighted by Crippen LogP contribution is -2.05. The molecule has 0 saturated carbocycles. The number of nitrogens with two attached hydrogens (primary N) is 1. The van der Waals surface area contributed by atoms with E-state index in [-0.39, 0.29) is 0 Å². The highest BCUT2D eigenvalue weighted by atomic mass is 16.4. The van der Waals surface area contributed by atoms with E-state index < -0.39 is 5.97 Å². The van der Waals surface area contributed by atoms with E-state index in [4.69, 9.17) is 10.8 Å². The number of benzene rings is 1. The smallest absolute Gasteiger partial charge is 0.335 e. The third kappa shape index (κ3) is 3.99. The van der Waals surface area contributed by atoms with E-state index in [1.54, 1.807) is 24.3 Å². The fourth-order valence-electron chi connectivity index (χ4n) is 1.23. The fraction of sp³-hybridized carbons (Fsp3) is 0.364. The van der Waals surface area contributed by atoms with Gasteiger partial charge in [0.15, 0.2) is 0 Å². The van der Waals surface area contributed by atoms with Crippen molar-refractivity contribution in [3.63, 3.8) is 0 Å². The second kappa shape index (κ2) is 6.03. The van der Waals surface area contributed by atoms with Crippen molar-refractivity contribution in [1.29, 1.82) is 0 Å². The quantitative estimate of drug-likeness (QED) is 0.620. The topological polar surface area (TPSA) is 75.3 Å². The van der Waals surface area contributed by atoms with Crippen molar-refractivity contribution >= 4 is 11.7 Å². The largest absolute Gasteiger partial charge is 0.478 e. The number of rotatable bonds is 6. The molecule has 0 aliphatic heterocycles. The minimum absolute atomic E-state index is 0.308. The van der Waals surface area contributed by atoms with Gasteiger partial charge in [-0.3, -0.25) is 0 Å². The van der Waals surface area contributed by atoms with Gasteiger partial charge in [0, 0.05) is 12.2 Å². The van der Waals surface area contributed by atoms with Crippen molar-refractivity contribution in [2.75, 3.05) is 18.4 Å². The Kier molecular flexibility index (Phi) is 4.63. The van der Waals surface area contributed by atoms with Crippen LogP contribution in [0.5, 0.6) is 0 Å². The van der Waals surface area contributed by atoms with Crippen LogP contribution in [-0.2, 0) is 0 Å². The standard InChI is InChI=1S/C11H16N2O2/c12-7-1-2-8-13-10-5-3-9(4-6-10)11(14)15/h3-6,13H,1-2,7-8,12H2,(H,14,15). The summed E-state index contributed by atoms with van der Waals surface area (Å²) in [6.07, 6.45) is 2.03. The van der Waals surface area contributed by atoms with Crippen molar-refractivity contribution in [3.05, 3.63) is 29.8 Å². The SMILES string of the molecule is NCCCCNc1ccc(C(=O)O)cc1. The van der Waals surface area contributed by atoms with E-state index in [9.17, 15) is 4.79 Å². The van der Waals surface area contributed by atoms with Gasteiger partial charge in [-0.15, -0.1) is 0 Å². The summed E-state index contributed by atoms with van der Waals surface area (Å²) < 4.78 is 0. The van der Waals surface area contributed by atoms with Crippen LogP contribution in [0.3, 0.4) is 0 Å². The summed E-state index contributed by atoms with van der Waals surface area (Å²) in [4.78, 5) is 10.6. The Labute approximate surface area is 89.1 Å². The average molecular weight is 208 g/mol. The number of hydrogen-bond acceptors (Lipinski definition) is 3. The summed E-state index contributed by atoms with van der Waals surface area (Å²) in [6.45, 7) is 1.57. The molecule has 15 heavy (non-hydrogen) atoms. The van der Waals surface area contributed by atoms with Crippen LogP contribution in [0.25, 0.3) is 0 Å². The van der Waals surface area contributed by atoms with Gasteiger partial charge < -0.3 is 16.2 Å². The fourth-order valence-corrected chi connectivity index (χ4v) is 1.23. The molecule has 0 aromatic heterocycles. The molecule has 0 radical (unpaired) electrons. The predicted octanol–water partition coefficient (Wildman–Crippen LogP) is 1.54. The van der Waals surface area contributed by atoms with Crippen molar-refractivity contribution in [3.8, 4) is 0 Å². The molecule has 4 N–H and O–H groups in total. The minimum Gasteiger partial charge on any atom is -0.478 e. The Hall–Kier alpha value is -1.55. The molecule has 0 atom stereocenters. The maximum atomic E-state index is 10.6. The highest BCUT2D eigenvalue weighted by Crippen LogP contribution is 2.09. The summed E-state index contributed by atoms with van der Waals surface area (Å²) in [6, 6.07) is 6.72. The van der Waals surface area contributed by atoms with Crippen LogP contribution in [0.15, 0.2) is 24.3 Å². The zero-order valence-electron chi connectivity index (χ0n) is 8.57. The zero-order valence-corrected chi connectivity index (χ0v) is 8.57. The first-order chi connectivity index (χ1) is 7.24. The normalized spacial score (nSPS) is 9.93. The highest BCUT2D eigenvalue weighted by Gasteiger charge is 2.00. The molecule has 0 aliphatic carbocycles. The van der Waals surface area contributed by atoms with Gasteiger partial charge in [-0.1, -0.05) is 0 Å². The van der Waals surface area contributed by atoms with E-state index in [1.807, 2.05) is 0 Å². The van der Waals surface area contributed by atoms with Crippen LogP contribution in [-0.4, -0.2) is 24.2 Å². The van der Waals surface area contributed by atoms with Crippen molar-refractivity contribution in [1.82, 2.24) is 0 Å². The summed E-state index contributed by atoms with van der Waals surface area (Å²) >= 11 is 0. The maximum absolute atomic E-state index is 10.6.